The average molecular weight is 403 g/mol. The highest BCUT2D eigenvalue weighted by Crippen LogP contribution is 2.22. The number of carbonyl (C=O) groups is 2. The molecule has 0 spiro atoms. The predicted octanol–water partition coefficient (Wildman–Crippen LogP) is 1.79. The summed E-state index contributed by atoms with van der Waals surface area (Å²) in [6.07, 6.45) is 0.836. The first-order valence-electron chi connectivity index (χ1n) is 9.01. The Morgan fingerprint density at radius 1 is 1.19 bits per heavy atom. The van der Waals surface area contributed by atoms with Gasteiger partial charge in [0.05, 0.1) is 10.4 Å². The molecule has 0 fully saturated rings. The van der Waals surface area contributed by atoms with E-state index in [1.807, 2.05) is 40.0 Å². The van der Waals surface area contributed by atoms with Gasteiger partial charge in [0.15, 0.2) is 0 Å². The van der Waals surface area contributed by atoms with Crippen LogP contribution in [0, 0.1) is 5.92 Å². The monoisotopic (exact) mass is 402 g/mol. The number of nitrogens with one attached hydrogen (secondary N) is 4. The zero-order valence-corrected chi connectivity index (χ0v) is 17.8. The summed E-state index contributed by atoms with van der Waals surface area (Å²) in [4.78, 5) is 25.7. The van der Waals surface area contributed by atoms with Crippen molar-refractivity contribution in [3.8, 4) is 0 Å². The fourth-order valence-corrected chi connectivity index (χ4v) is 3.66. The molecular weight excluding hydrogens is 372 g/mol. The minimum atomic E-state index is -0.528. The molecular formula is C18H31ClN4O2S. The molecule has 6 nitrogen and oxygen atoms in total. The topological polar surface area (TPSA) is 82.3 Å². The molecule has 0 bridgehead atoms. The SMILES string of the molecule is CCNC(=O)[C@@H](NC(=O)[C@H](C)NCC(Cc1ccc(Cl)s1)NC)C(C)C. The van der Waals surface area contributed by atoms with Crippen molar-refractivity contribution in [3.63, 3.8) is 0 Å². The van der Waals surface area contributed by atoms with Crippen LogP contribution < -0.4 is 21.3 Å². The highest BCUT2D eigenvalue weighted by Gasteiger charge is 2.25. The predicted molar refractivity (Wildman–Crippen MR) is 109 cm³/mol. The van der Waals surface area contributed by atoms with Gasteiger partial charge in [-0.3, -0.25) is 9.59 Å². The smallest absolute Gasteiger partial charge is 0.242 e. The zero-order chi connectivity index (χ0) is 19.7. The van der Waals surface area contributed by atoms with Crippen LogP contribution in [0.15, 0.2) is 12.1 Å². The quantitative estimate of drug-likeness (QED) is 0.454. The third-order valence-corrected chi connectivity index (χ3v) is 5.40. The van der Waals surface area contributed by atoms with E-state index < -0.39 is 12.1 Å². The largest absolute Gasteiger partial charge is 0.355 e. The Morgan fingerprint density at radius 3 is 2.38 bits per heavy atom. The summed E-state index contributed by atoms with van der Waals surface area (Å²) in [5.41, 5.74) is 0. The number of hydrogen-bond acceptors (Lipinski definition) is 5. The molecule has 0 radical (unpaired) electrons. The fourth-order valence-electron chi connectivity index (χ4n) is 2.49. The van der Waals surface area contributed by atoms with Gasteiger partial charge in [-0.1, -0.05) is 25.4 Å². The van der Waals surface area contributed by atoms with Gasteiger partial charge in [-0.05, 0) is 45.4 Å². The van der Waals surface area contributed by atoms with E-state index in [1.165, 1.54) is 4.88 Å². The maximum absolute atomic E-state index is 12.4. The normalized spacial score (nSPS) is 14.7. The summed E-state index contributed by atoms with van der Waals surface area (Å²) in [6, 6.07) is 3.18. The summed E-state index contributed by atoms with van der Waals surface area (Å²) in [5.74, 6) is -0.305. The van der Waals surface area contributed by atoms with E-state index >= 15 is 0 Å². The second-order valence-corrected chi connectivity index (χ2v) is 8.45. The van der Waals surface area contributed by atoms with Gasteiger partial charge in [0.1, 0.15) is 6.04 Å². The fraction of sp³-hybridized carbons (Fsp3) is 0.667. The Labute approximate surface area is 165 Å². The second kappa shape index (κ2) is 11.5. The number of thiophene rings is 1. The van der Waals surface area contributed by atoms with Gasteiger partial charge in [0, 0.05) is 24.0 Å². The molecule has 8 heteroatoms. The van der Waals surface area contributed by atoms with Crippen molar-refractivity contribution >= 4 is 34.8 Å². The van der Waals surface area contributed by atoms with Crippen LogP contribution >= 0.6 is 22.9 Å². The summed E-state index contributed by atoms with van der Waals surface area (Å²) in [5, 5.41) is 12.1. The lowest BCUT2D eigenvalue weighted by atomic mass is 10.0. The lowest BCUT2D eigenvalue weighted by Gasteiger charge is -2.24. The minimum Gasteiger partial charge on any atom is -0.355 e. The van der Waals surface area contributed by atoms with E-state index in [4.69, 9.17) is 11.6 Å². The van der Waals surface area contributed by atoms with Crippen molar-refractivity contribution in [2.75, 3.05) is 20.1 Å². The molecule has 2 amide bonds. The highest BCUT2D eigenvalue weighted by atomic mass is 35.5. The summed E-state index contributed by atoms with van der Waals surface area (Å²) >= 11 is 7.54. The van der Waals surface area contributed by atoms with Crippen LogP contribution in [-0.4, -0.2) is 50.1 Å². The van der Waals surface area contributed by atoms with Crippen molar-refractivity contribution in [1.29, 1.82) is 0 Å². The van der Waals surface area contributed by atoms with Crippen molar-refractivity contribution in [2.24, 2.45) is 5.92 Å². The summed E-state index contributed by atoms with van der Waals surface area (Å²) in [6.45, 7) is 8.68. The number of likely N-dealkylation sites (N-methyl/N-ethyl adjacent to an activating group) is 2. The second-order valence-electron chi connectivity index (χ2n) is 6.65. The third kappa shape index (κ3) is 7.61. The zero-order valence-electron chi connectivity index (χ0n) is 16.2. The maximum Gasteiger partial charge on any atom is 0.242 e. The Balaban J connectivity index is 2.52. The van der Waals surface area contributed by atoms with Crippen molar-refractivity contribution in [1.82, 2.24) is 21.3 Å². The Morgan fingerprint density at radius 2 is 1.88 bits per heavy atom. The van der Waals surface area contributed by atoms with Crippen LogP contribution in [0.5, 0.6) is 0 Å². The molecule has 0 aliphatic rings. The number of halogens is 1. The number of hydrogen-bond donors (Lipinski definition) is 4. The third-order valence-electron chi connectivity index (χ3n) is 4.15. The van der Waals surface area contributed by atoms with Gasteiger partial charge < -0.3 is 21.3 Å². The van der Waals surface area contributed by atoms with Gasteiger partial charge >= 0.3 is 0 Å². The molecule has 0 saturated heterocycles. The number of amides is 2. The lowest BCUT2D eigenvalue weighted by molar-refractivity contribution is -0.130. The van der Waals surface area contributed by atoms with Crippen LogP contribution in [0.2, 0.25) is 4.34 Å². The van der Waals surface area contributed by atoms with Crippen LogP contribution in [0.1, 0.15) is 32.6 Å². The van der Waals surface area contributed by atoms with Gasteiger partial charge in [0.25, 0.3) is 0 Å². The highest BCUT2D eigenvalue weighted by molar-refractivity contribution is 7.16. The van der Waals surface area contributed by atoms with E-state index in [0.29, 0.717) is 13.1 Å². The molecule has 0 aromatic carbocycles. The van der Waals surface area contributed by atoms with Gasteiger partial charge in [-0.15, -0.1) is 11.3 Å². The Hall–Kier alpha value is -1.15. The van der Waals surface area contributed by atoms with Crippen molar-refractivity contribution < 1.29 is 9.59 Å². The van der Waals surface area contributed by atoms with Crippen LogP contribution in [-0.2, 0) is 16.0 Å². The molecule has 26 heavy (non-hydrogen) atoms. The van der Waals surface area contributed by atoms with Crippen LogP contribution in [0.4, 0.5) is 0 Å². The first-order valence-corrected chi connectivity index (χ1v) is 10.2. The number of rotatable bonds is 11. The maximum atomic E-state index is 12.4. The summed E-state index contributed by atoms with van der Waals surface area (Å²) in [7, 11) is 1.90. The molecule has 1 aromatic heterocycles. The molecule has 0 aliphatic carbocycles. The Kier molecular flexibility index (Phi) is 10.2. The molecule has 0 aliphatic heterocycles. The van der Waals surface area contributed by atoms with Crippen LogP contribution in [0.3, 0.4) is 0 Å². The standard InChI is InChI=1S/C18H31ClN4O2S/c1-6-21-18(25)16(11(2)3)23-17(24)12(4)22-10-13(20-5)9-14-7-8-15(19)26-14/h7-8,11-13,16,20,22H,6,9-10H2,1-5H3,(H,21,25)(H,23,24)/t12-,13?,16-/m0/s1. The minimum absolute atomic E-state index is 0.0198. The molecule has 0 saturated carbocycles. The van der Waals surface area contributed by atoms with Gasteiger partial charge in [0.2, 0.25) is 11.8 Å². The first kappa shape index (κ1) is 22.9. The average Bonchev–Trinajstić information content (AvgIpc) is 3.00. The van der Waals surface area contributed by atoms with E-state index in [0.717, 1.165) is 10.8 Å². The number of carbonyl (C=O) groups excluding carboxylic acids is 2. The Bertz CT molecular complexity index is 579. The molecule has 1 heterocycles. The summed E-state index contributed by atoms with van der Waals surface area (Å²) < 4.78 is 0.778. The molecule has 4 N–H and O–H groups in total. The molecule has 1 aromatic rings. The molecule has 3 atom stereocenters. The lowest BCUT2D eigenvalue weighted by Crippen LogP contribution is -2.55. The van der Waals surface area contributed by atoms with Crippen molar-refractivity contribution in [3.05, 3.63) is 21.3 Å². The first-order chi connectivity index (χ1) is 12.3. The van der Waals surface area contributed by atoms with Gasteiger partial charge in [-0.25, -0.2) is 0 Å². The molecule has 148 valence electrons. The van der Waals surface area contributed by atoms with E-state index in [2.05, 4.69) is 21.3 Å². The van der Waals surface area contributed by atoms with Crippen LogP contribution in [0.25, 0.3) is 0 Å². The van der Waals surface area contributed by atoms with E-state index in [-0.39, 0.29) is 23.8 Å². The van der Waals surface area contributed by atoms with Gasteiger partial charge in [-0.2, -0.15) is 0 Å². The molecule has 1 unspecified atom stereocenters. The molecule has 1 rings (SSSR count). The van der Waals surface area contributed by atoms with E-state index in [9.17, 15) is 9.59 Å². The van der Waals surface area contributed by atoms with Crippen molar-refractivity contribution in [2.45, 2.75) is 52.2 Å². The van der Waals surface area contributed by atoms with E-state index in [1.54, 1.807) is 18.3 Å².